The van der Waals surface area contributed by atoms with E-state index in [9.17, 15) is 9.59 Å². The largest absolute Gasteiger partial charge is 0.398 e. The van der Waals surface area contributed by atoms with Gasteiger partial charge in [0, 0.05) is 32.8 Å². The summed E-state index contributed by atoms with van der Waals surface area (Å²) in [6.45, 7) is 0.376. The lowest BCUT2D eigenvalue weighted by Crippen LogP contribution is -2.22. The van der Waals surface area contributed by atoms with Crippen molar-refractivity contribution < 1.29 is 9.59 Å². The minimum atomic E-state index is -0.432. The van der Waals surface area contributed by atoms with Gasteiger partial charge in [-0.25, -0.2) is 0 Å². The predicted octanol–water partition coefficient (Wildman–Crippen LogP) is 4.24. The van der Waals surface area contributed by atoms with Crippen molar-refractivity contribution in [3.8, 4) is 10.4 Å². The molecule has 0 bridgehead atoms. The summed E-state index contributed by atoms with van der Waals surface area (Å²) in [5.74, 6) is -0.576. The van der Waals surface area contributed by atoms with Crippen LogP contribution in [0, 0.1) is 0 Å². The van der Waals surface area contributed by atoms with Crippen LogP contribution >= 0.6 is 22.7 Å². The fourth-order valence-corrected chi connectivity index (χ4v) is 4.86. The quantitative estimate of drug-likeness (QED) is 0.432. The van der Waals surface area contributed by atoms with E-state index in [-0.39, 0.29) is 5.91 Å². The molecule has 140 valence electrons. The first kappa shape index (κ1) is 18.2. The van der Waals surface area contributed by atoms with Gasteiger partial charge in [-0.05, 0) is 35.9 Å². The maximum atomic E-state index is 12.5. The first-order valence-electron chi connectivity index (χ1n) is 8.57. The summed E-state index contributed by atoms with van der Waals surface area (Å²) in [6.07, 6.45) is 0. The molecule has 2 amide bonds. The van der Waals surface area contributed by atoms with Crippen LogP contribution in [0.5, 0.6) is 0 Å². The zero-order chi connectivity index (χ0) is 19.7. The third kappa shape index (κ3) is 3.49. The zero-order valence-electron chi connectivity index (χ0n) is 14.8. The van der Waals surface area contributed by atoms with Crippen molar-refractivity contribution in [3.63, 3.8) is 0 Å². The number of fused-ring (bicyclic) bond motifs is 1. The maximum absolute atomic E-state index is 12.5. The molecule has 0 radical (unpaired) electrons. The van der Waals surface area contributed by atoms with Crippen molar-refractivity contribution in [1.82, 2.24) is 5.32 Å². The van der Waals surface area contributed by atoms with E-state index in [2.05, 4.69) is 5.32 Å². The first-order chi connectivity index (χ1) is 13.5. The number of amides is 2. The molecule has 28 heavy (non-hydrogen) atoms. The summed E-state index contributed by atoms with van der Waals surface area (Å²) in [6, 6.07) is 18.9. The summed E-state index contributed by atoms with van der Waals surface area (Å²) in [4.78, 5) is 26.1. The Kier molecular flexibility index (Phi) is 4.85. The Morgan fingerprint density at radius 3 is 2.54 bits per heavy atom. The molecule has 7 heteroatoms. The van der Waals surface area contributed by atoms with Crippen molar-refractivity contribution >= 4 is 50.3 Å². The molecule has 4 rings (SSSR count). The molecule has 0 saturated carbocycles. The van der Waals surface area contributed by atoms with E-state index < -0.39 is 5.91 Å². The van der Waals surface area contributed by atoms with Gasteiger partial charge >= 0.3 is 0 Å². The molecule has 0 atom stereocenters. The summed E-state index contributed by atoms with van der Waals surface area (Å²) >= 11 is 2.78. The first-order valence-corrected chi connectivity index (χ1v) is 10.2. The lowest BCUT2D eigenvalue weighted by atomic mass is 10.1. The molecule has 2 aromatic heterocycles. The Labute approximate surface area is 169 Å². The van der Waals surface area contributed by atoms with Gasteiger partial charge in [0.05, 0.1) is 9.75 Å². The number of carbonyl (C=O) groups excluding carboxylic acids is 2. The molecule has 0 fully saturated rings. The smallest absolute Gasteiger partial charge is 0.261 e. The average Bonchev–Trinajstić information content (AvgIpc) is 3.34. The minimum Gasteiger partial charge on any atom is -0.398 e. The van der Waals surface area contributed by atoms with E-state index in [1.165, 1.54) is 22.7 Å². The molecule has 0 saturated heterocycles. The fourth-order valence-electron chi connectivity index (χ4n) is 2.96. The van der Waals surface area contributed by atoms with E-state index in [0.29, 0.717) is 22.0 Å². The molecule has 0 aliphatic heterocycles. The summed E-state index contributed by atoms with van der Waals surface area (Å²) in [5, 5.41) is 3.87. The van der Waals surface area contributed by atoms with E-state index >= 15 is 0 Å². The summed E-state index contributed by atoms with van der Waals surface area (Å²) < 4.78 is 0.991. The molecular formula is C21H17N3O2S2. The van der Waals surface area contributed by atoms with Crippen LogP contribution in [0.3, 0.4) is 0 Å². The SMILES string of the molecule is NC(=O)c1cc2c(-c3ccc(C(=O)NCc4ccccc4N)s3)cccc2s1. The number of hydrogen-bond acceptors (Lipinski definition) is 5. The standard InChI is InChI=1S/C21H17N3O2S2/c22-15-6-2-1-4-12(15)11-24-21(26)18-9-8-17(27-18)13-5-3-7-16-14(13)10-19(28-16)20(23)25/h1-10H,11,22H2,(H2,23,25)(H,24,26). The van der Waals surface area contributed by atoms with Gasteiger partial charge < -0.3 is 16.8 Å². The van der Waals surface area contributed by atoms with Gasteiger partial charge in [0.25, 0.3) is 11.8 Å². The van der Waals surface area contributed by atoms with Gasteiger partial charge in [0.1, 0.15) is 0 Å². The number of hydrogen-bond donors (Lipinski definition) is 3. The minimum absolute atomic E-state index is 0.144. The summed E-state index contributed by atoms with van der Waals surface area (Å²) in [5.41, 5.74) is 13.9. The monoisotopic (exact) mass is 407 g/mol. The number of nitrogen functional groups attached to an aromatic ring is 1. The highest BCUT2D eigenvalue weighted by Gasteiger charge is 2.15. The van der Waals surface area contributed by atoms with Crippen molar-refractivity contribution in [2.75, 3.05) is 5.73 Å². The number of nitrogens with one attached hydrogen (secondary N) is 1. The predicted molar refractivity (Wildman–Crippen MR) is 116 cm³/mol. The summed E-state index contributed by atoms with van der Waals surface area (Å²) in [7, 11) is 0. The number of anilines is 1. The molecule has 0 aliphatic carbocycles. The lowest BCUT2D eigenvalue weighted by molar-refractivity contribution is 0.0953. The van der Waals surface area contributed by atoms with Gasteiger partial charge in [0.15, 0.2) is 0 Å². The Hall–Kier alpha value is -3.16. The second-order valence-electron chi connectivity index (χ2n) is 6.24. The molecule has 2 heterocycles. The van der Waals surface area contributed by atoms with Crippen LogP contribution < -0.4 is 16.8 Å². The second-order valence-corrected chi connectivity index (χ2v) is 8.41. The van der Waals surface area contributed by atoms with Crippen molar-refractivity contribution in [1.29, 1.82) is 0 Å². The topological polar surface area (TPSA) is 98.2 Å². The van der Waals surface area contributed by atoms with E-state index in [1.807, 2.05) is 60.7 Å². The second kappa shape index (κ2) is 7.46. The van der Waals surface area contributed by atoms with Crippen molar-refractivity contribution in [3.05, 3.63) is 76.0 Å². The van der Waals surface area contributed by atoms with E-state index in [0.717, 1.165) is 26.1 Å². The Morgan fingerprint density at radius 2 is 1.75 bits per heavy atom. The van der Waals surface area contributed by atoms with Gasteiger partial charge in [-0.1, -0.05) is 30.3 Å². The molecule has 4 aromatic rings. The highest BCUT2D eigenvalue weighted by atomic mass is 32.1. The van der Waals surface area contributed by atoms with Crippen molar-refractivity contribution in [2.45, 2.75) is 6.54 Å². The van der Waals surface area contributed by atoms with Crippen LogP contribution in [0.4, 0.5) is 5.69 Å². The van der Waals surface area contributed by atoms with Crippen LogP contribution in [-0.2, 0) is 6.54 Å². The highest BCUT2D eigenvalue weighted by Crippen LogP contribution is 2.37. The molecule has 5 nitrogen and oxygen atoms in total. The molecular weight excluding hydrogens is 390 g/mol. The van der Waals surface area contributed by atoms with Gasteiger partial charge in [-0.15, -0.1) is 22.7 Å². The number of nitrogens with two attached hydrogens (primary N) is 2. The number of thiophene rings is 2. The van der Waals surface area contributed by atoms with Gasteiger partial charge in [0.2, 0.25) is 0 Å². The third-order valence-corrected chi connectivity index (χ3v) is 6.63. The number of para-hydroxylation sites is 1. The van der Waals surface area contributed by atoms with Gasteiger partial charge in [-0.2, -0.15) is 0 Å². The maximum Gasteiger partial charge on any atom is 0.261 e. The normalized spacial score (nSPS) is 10.9. The molecule has 0 spiro atoms. The van der Waals surface area contributed by atoms with Crippen molar-refractivity contribution in [2.24, 2.45) is 5.73 Å². The lowest BCUT2D eigenvalue weighted by Gasteiger charge is -2.06. The number of primary amides is 1. The Balaban J connectivity index is 1.57. The highest BCUT2D eigenvalue weighted by molar-refractivity contribution is 7.21. The third-order valence-electron chi connectivity index (χ3n) is 4.39. The Morgan fingerprint density at radius 1 is 0.929 bits per heavy atom. The molecule has 0 aliphatic rings. The molecule has 0 unspecified atom stereocenters. The van der Waals surface area contributed by atoms with Crippen LogP contribution in [0.1, 0.15) is 24.9 Å². The van der Waals surface area contributed by atoms with E-state index in [4.69, 9.17) is 11.5 Å². The Bertz CT molecular complexity index is 1190. The number of rotatable bonds is 5. The van der Waals surface area contributed by atoms with E-state index in [1.54, 1.807) is 0 Å². The molecule has 5 N–H and O–H groups in total. The van der Waals surface area contributed by atoms with Crippen LogP contribution in [0.2, 0.25) is 0 Å². The number of benzene rings is 2. The van der Waals surface area contributed by atoms with Crippen LogP contribution in [0.15, 0.2) is 60.7 Å². The van der Waals surface area contributed by atoms with Crippen LogP contribution in [0.25, 0.3) is 20.5 Å². The number of carbonyl (C=O) groups is 2. The fraction of sp³-hybridized carbons (Fsp3) is 0.0476. The van der Waals surface area contributed by atoms with Crippen LogP contribution in [-0.4, -0.2) is 11.8 Å². The van der Waals surface area contributed by atoms with Gasteiger partial charge in [-0.3, -0.25) is 9.59 Å². The zero-order valence-corrected chi connectivity index (χ0v) is 16.4. The molecule has 2 aromatic carbocycles. The average molecular weight is 408 g/mol.